The summed E-state index contributed by atoms with van der Waals surface area (Å²) in [5.41, 5.74) is 0.110. The number of piperidine rings is 1. The van der Waals surface area contributed by atoms with Crippen molar-refractivity contribution in [1.82, 2.24) is 20.0 Å². The first-order chi connectivity index (χ1) is 14.7. The van der Waals surface area contributed by atoms with E-state index in [-0.39, 0.29) is 35.5 Å². The monoisotopic (exact) mass is 450 g/mol. The van der Waals surface area contributed by atoms with Gasteiger partial charge in [-0.2, -0.15) is 5.10 Å². The Labute approximate surface area is 183 Å². The first-order valence-corrected chi connectivity index (χ1v) is 11.2. The highest BCUT2D eigenvalue weighted by molar-refractivity contribution is 7.27. The normalized spacial score (nSPS) is 17.2. The number of aromatic nitrogens is 2. The fourth-order valence-electron chi connectivity index (χ4n) is 3.94. The third kappa shape index (κ3) is 5.55. The zero-order valence-corrected chi connectivity index (χ0v) is 19.3. The van der Waals surface area contributed by atoms with E-state index in [9.17, 15) is 18.4 Å². The highest BCUT2D eigenvalue weighted by Crippen LogP contribution is 2.29. The van der Waals surface area contributed by atoms with Gasteiger partial charge in [-0.15, -0.1) is 9.24 Å². The lowest BCUT2D eigenvalue weighted by Gasteiger charge is -2.32. The maximum Gasteiger partial charge on any atom is 0.267 e. The first kappa shape index (κ1) is 23.5. The van der Waals surface area contributed by atoms with Crippen molar-refractivity contribution in [2.45, 2.75) is 52.1 Å². The topological polar surface area (TPSA) is 67.2 Å². The number of benzene rings is 1. The van der Waals surface area contributed by atoms with Crippen LogP contribution >= 0.6 is 9.24 Å². The van der Waals surface area contributed by atoms with Gasteiger partial charge in [-0.25, -0.2) is 13.5 Å². The van der Waals surface area contributed by atoms with E-state index in [2.05, 4.69) is 31.5 Å². The lowest BCUT2D eigenvalue weighted by atomic mass is 9.98. The van der Waals surface area contributed by atoms with E-state index in [0.717, 1.165) is 43.2 Å². The second-order valence-corrected chi connectivity index (χ2v) is 8.92. The highest BCUT2D eigenvalue weighted by Gasteiger charge is 2.22. The molecule has 1 aromatic carbocycles. The van der Waals surface area contributed by atoms with Crippen molar-refractivity contribution in [2.24, 2.45) is 0 Å². The molecule has 2 aromatic rings. The van der Waals surface area contributed by atoms with Crippen molar-refractivity contribution >= 4 is 20.5 Å². The van der Waals surface area contributed by atoms with Crippen molar-refractivity contribution in [3.05, 3.63) is 45.9 Å². The number of likely N-dealkylation sites (N-methyl/N-ethyl adjacent to an activating group) is 1. The molecule has 0 bridgehead atoms. The summed E-state index contributed by atoms with van der Waals surface area (Å²) >= 11 is 0. The van der Waals surface area contributed by atoms with Crippen molar-refractivity contribution in [1.29, 1.82) is 0 Å². The molecule has 1 N–H and O–H groups in total. The molecule has 168 valence electrons. The molecule has 1 unspecified atom stereocenters. The van der Waals surface area contributed by atoms with Crippen LogP contribution in [0.1, 0.15) is 45.2 Å². The van der Waals surface area contributed by atoms with Gasteiger partial charge in [0.15, 0.2) is 11.6 Å². The average molecular weight is 450 g/mol. The summed E-state index contributed by atoms with van der Waals surface area (Å²) in [7, 11) is 2.33. The van der Waals surface area contributed by atoms with Gasteiger partial charge in [-0.05, 0) is 49.3 Å². The summed E-state index contributed by atoms with van der Waals surface area (Å²) in [6.07, 6.45) is 1.91. The number of hydrogen-bond acceptors (Lipinski definition) is 4. The molecule has 0 spiro atoms. The lowest BCUT2D eigenvalue weighted by Crippen LogP contribution is -2.48. The molecule has 1 aromatic heterocycles. The molecule has 2 atom stereocenters. The molecule has 1 aliphatic heterocycles. The van der Waals surface area contributed by atoms with Gasteiger partial charge >= 0.3 is 0 Å². The average Bonchev–Trinajstić information content (AvgIpc) is 2.71. The number of nitrogens with one attached hydrogen (secondary N) is 1. The van der Waals surface area contributed by atoms with Gasteiger partial charge in [0, 0.05) is 29.8 Å². The largest absolute Gasteiger partial charge is 0.350 e. The molecular formula is C22H29F2N4O2P. The second kappa shape index (κ2) is 9.96. The van der Waals surface area contributed by atoms with Gasteiger partial charge in [0.1, 0.15) is 6.54 Å². The fourth-order valence-corrected chi connectivity index (χ4v) is 4.25. The van der Waals surface area contributed by atoms with Crippen molar-refractivity contribution in [3.8, 4) is 11.1 Å². The number of halogens is 2. The van der Waals surface area contributed by atoms with Crippen LogP contribution in [0.15, 0.2) is 23.0 Å². The van der Waals surface area contributed by atoms with E-state index in [1.807, 2.05) is 13.8 Å². The van der Waals surface area contributed by atoms with Crippen molar-refractivity contribution < 1.29 is 13.6 Å². The molecule has 3 rings (SSSR count). The minimum atomic E-state index is -1.03. The SMILES string of the molecule is CCN1CCC[C@@H](NC(=O)Cn2nc(C(C)C)c(-c3cc(P)cc(F)c3F)cc2=O)C1. The molecule has 0 saturated carbocycles. The van der Waals surface area contributed by atoms with Crippen LogP contribution in [0.4, 0.5) is 8.78 Å². The number of amides is 1. The van der Waals surface area contributed by atoms with Gasteiger partial charge < -0.3 is 10.2 Å². The van der Waals surface area contributed by atoms with E-state index < -0.39 is 17.2 Å². The third-order valence-corrected chi connectivity index (χ3v) is 5.86. The number of carbonyl (C=O) groups excluding carboxylic acids is 1. The zero-order valence-electron chi connectivity index (χ0n) is 18.1. The Morgan fingerprint density at radius 2 is 2.03 bits per heavy atom. The predicted molar refractivity (Wildman–Crippen MR) is 121 cm³/mol. The lowest BCUT2D eigenvalue weighted by molar-refractivity contribution is -0.123. The number of carbonyl (C=O) groups is 1. The molecule has 1 amide bonds. The van der Waals surface area contributed by atoms with Crippen LogP contribution in [-0.4, -0.2) is 46.3 Å². The van der Waals surface area contributed by atoms with E-state index >= 15 is 0 Å². The first-order valence-electron chi connectivity index (χ1n) is 10.6. The van der Waals surface area contributed by atoms with Crippen molar-refractivity contribution in [2.75, 3.05) is 19.6 Å². The molecule has 2 heterocycles. The van der Waals surface area contributed by atoms with Crippen LogP contribution in [-0.2, 0) is 11.3 Å². The molecule has 31 heavy (non-hydrogen) atoms. The van der Waals surface area contributed by atoms with Crippen LogP contribution in [0.3, 0.4) is 0 Å². The van der Waals surface area contributed by atoms with Gasteiger partial charge in [0.2, 0.25) is 5.91 Å². The molecule has 6 nitrogen and oxygen atoms in total. The van der Waals surface area contributed by atoms with E-state index in [1.165, 1.54) is 12.1 Å². The third-order valence-electron chi connectivity index (χ3n) is 5.53. The Morgan fingerprint density at radius 3 is 2.71 bits per heavy atom. The van der Waals surface area contributed by atoms with E-state index in [4.69, 9.17) is 0 Å². The maximum absolute atomic E-state index is 14.5. The summed E-state index contributed by atoms with van der Waals surface area (Å²) in [6, 6.07) is 3.81. The van der Waals surface area contributed by atoms with Gasteiger partial charge in [-0.3, -0.25) is 9.59 Å². The smallest absolute Gasteiger partial charge is 0.267 e. The predicted octanol–water partition coefficient (Wildman–Crippen LogP) is 2.41. The fraction of sp³-hybridized carbons (Fsp3) is 0.500. The Kier molecular flexibility index (Phi) is 7.55. The van der Waals surface area contributed by atoms with Crippen LogP contribution in [0.5, 0.6) is 0 Å². The second-order valence-electron chi connectivity index (χ2n) is 8.26. The van der Waals surface area contributed by atoms with Gasteiger partial charge in [-0.1, -0.05) is 20.8 Å². The van der Waals surface area contributed by atoms with Crippen LogP contribution < -0.4 is 16.2 Å². The minimum absolute atomic E-state index is 0.0169. The summed E-state index contributed by atoms with van der Waals surface area (Å²) in [6.45, 7) is 8.31. The molecule has 0 radical (unpaired) electrons. The Hall–Kier alpha value is -2.18. The van der Waals surface area contributed by atoms with Crippen LogP contribution in [0, 0.1) is 11.6 Å². The summed E-state index contributed by atoms with van der Waals surface area (Å²) in [4.78, 5) is 27.5. The molecule has 9 heteroatoms. The Balaban J connectivity index is 1.87. The quantitative estimate of drug-likeness (QED) is 0.687. The Bertz CT molecular complexity index is 1030. The van der Waals surface area contributed by atoms with Crippen LogP contribution in [0.25, 0.3) is 11.1 Å². The molecule has 1 saturated heterocycles. The Morgan fingerprint density at radius 1 is 1.29 bits per heavy atom. The number of hydrogen-bond donors (Lipinski definition) is 1. The summed E-state index contributed by atoms with van der Waals surface area (Å²) in [5.74, 6) is -2.47. The van der Waals surface area contributed by atoms with E-state index in [0.29, 0.717) is 11.0 Å². The van der Waals surface area contributed by atoms with E-state index in [1.54, 1.807) is 0 Å². The molecule has 1 fully saturated rings. The summed E-state index contributed by atoms with van der Waals surface area (Å²) < 4.78 is 29.5. The van der Waals surface area contributed by atoms with Crippen molar-refractivity contribution in [3.63, 3.8) is 0 Å². The number of nitrogens with zero attached hydrogens (tertiary/aromatic N) is 3. The number of likely N-dealkylation sites (tertiary alicyclic amines) is 1. The molecular weight excluding hydrogens is 421 g/mol. The molecule has 1 aliphatic rings. The standard InChI is InChI=1S/C22H29F2N4O2P/c1-4-27-7-5-6-14(11-27)25-19(29)12-28-20(30)10-17(22(26-28)13(2)3)16-8-15(31)9-18(23)21(16)24/h8-10,13-14H,4-7,11-12,31H2,1-3H3,(H,25,29)/t14-/m1/s1. The zero-order chi connectivity index (χ0) is 22.7. The van der Waals surface area contributed by atoms with Gasteiger partial charge in [0.25, 0.3) is 5.56 Å². The summed E-state index contributed by atoms with van der Waals surface area (Å²) in [5, 5.41) is 7.79. The maximum atomic E-state index is 14.5. The highest BCUT2D eigenvalue weighted by atomic mass is 31.0. The van der Waals surface area contributed by atoms with Gasteiger partial charge in [0.05, 0.1) is 5.69 Å². The minimum Gasteiger partial charge on any atom is -0.350 e. The number of rotatable bonds is 6. The van der Waals surface area contributed by atoms with Crippen LogP contribution in [0.2, 0.25) is 0 Å². The molecule has 0 aliphatic carbocycles.